The summed E-state index contributed by atoms with van der Waals surface area (Å²) in [6, 6.07) is 2.24. The van der Waals surface area contributed by atoms with Gasteiger partial charge in [0.1, 0.15) is 11.6 Å². The van der Waals surface area contributed by atoms with Crippen LogP contribution >= 0.6 is 15.9 Å². The van der Waals surface area contributed by atoms with Crippen molar-refractivity contribution in [1.82, 2.24) is 5.32 Å². The number of hydrogen-bond acceptors (Lipinski definition) is 2. The third-order valence-corrected chi connectivity index (χ3v) is 3.29. The van der Waals surface area contributed by atoms with Crippen LogP contribution < -0.4 is 5.32 Å². The lowest BCUT2D eigenvalue weighted by atomic mass is 10.0. The van der Waals surface area contributed by atoms with Crippen LogP contribution in [0.5, 0.6) is 0 Å². The van der Waals surface area contributed by atoms with Crippen LogP contribution in [0.3, 0.4) is 0 Å². The monoisotopic (exact) mass is 321 g/mol. The average Bonchev–Trinajstić information content (AvgIpc) is 2.37. The summed E-state index contributed by atoms with van der Waals surface area (Å²) in [5, 5.41) is 2.92. The topological polar surface area (TPSA) is 21.3 Å². The van der Waals surface area contributed by atoms with Crippen LogP contribution in [-0.2, 0) is 4.74 Å². The van der Waals surface area contributed by atoms with Gasteiger partial charge in [0.15, 0.2) is 0 Å². The molecule has 2 nitrogen and oxygen atoms in total. The van der Waals surface area contributed by atoms with E-state index in [1.54, 1.807) is 7.05 Å². The summed E-state index contributed by atoms with van der Waals surface area (Å²) in [6.07, 6.45) is 1.46. The number of halogens is 3. The molecule has 18 heavy (non-hydrogen) atoms. The molecule has 0 aromatic heterocycles. The Bertz CT molecular complexity index is 387. The first-order valence-electron chi connectivity index (χ1n) is 6.00. The van der Waals surface area contributed by atoms with E-state index in [0.29, 0.717) is 19.6 Å². The maximum atomic E-state index is 13.9. The predicted octanol–water partition coefficient (Wildman–Crippen LogP) is 3.80. The first-order valence-corrected chi connectivity index (χ1v) is 6.79. The van der Waals surface area contributed by atoms with Gasteiger partial charge in [0, 0.05) is 24.8 Å². The molecule has 0 amide bonds. The van der Waals surface area contributed by atoms with Crippen LogP contribution in [0.25, 0.3) is 0 Å². The second-order valence-corrected chi connectivity index (χ2v) is 4.85. The molecule has 0 fully saturated rings. The largest absolute Gasteiger partial charge is 0.381 e. The van der Waals surface area contributed by atoms with Gasteiger partial charge in [-0.3, -0.25) is 0 Å². The van der Waals surface area contributed by atoms with E-state index in [1.165, 1.54) is 12.1 Å². The number of rotatable bonds is 7. The quantitative estimate of drug-likeness (QED) is 0.609. The zero-order valence-corrected chi connectivity index (χ0v) is 12.2. The Morgan fingerprint density at radius 1 is 1.33 bits per heavy atom. The van der Waals surface area contributed by atoms with E-state index in [2.05, 4.69) is 21.2 Å². The molecule has 0 aliphatic rings. The van der Waals surface area contributed by atoms with Crippen LogP contribution in [0, 0.1) is 11.6 Å². The zero-order chi connectivity index (χ0) is 13.5. The van der Waals surface area contributed by atoms with Crippen molar-refractivity contribution in [3.8, 4) is 0 Å². The molecule has 5 heteroatoms. The summed E-state index contributed by atoms with van der Waals surface area (Å²) in [6.45, 7) is 3.16. The minimum atomic E-state index is -0.551. The minimum Gasteiger partial charge on any atom is -0.381 e. The van der Waals surface area contributed by atoms with Crippen molar-refractivity contribution in [3.05, 3.63) is 33.8 Å². The van der Waals surface area contributed by atoms with Crippen molar-refractivity contribution >= 4 is 15.9 Å². The number of ether oxygens (including phenoxy) is 1. The summed E-state index contributed by atoms with van der Waals surface area (Å²) in [5.41, 5.74) is 0.0620. The molecule has 1 N–H and O–H groups in total. The fraction of sp³-hybridized carbons (Fsp3) is 0.538. The molecule has 0 spiro atoms. The van der Waals surface area contributed by atoms with Gasteiger partial charge < -0.3 is 10.1 Å². The maximum Gasteiger partial charge on any atom is 0.145 e. The van der Waals surface area contributed by atoms with Crippen LogP contribution in [0.15, 0.2) is 16.6 Å². The second kappa shape index (κ2) is 7.81. The molecule has 102 valence electrons. The van der Waals surface area contributed by atoms with E-state index in [4.69, 9.17) is 4.74 Å². The van der Waals surface area contributed by atoms with Gasteiger partial charge in [-0.05, 0) is 48.0 Å². The van der Waals surface area contributed by atoms with Crippen molar-refractivity contribution in [2.45, 2.75) is 25.8 Å². The summed E-state index contributed by atoms with van der Waals surface area (Å²) < 4.78 is 33.2. The number of nitrogens with one attached hydrogen (secondary N) is 1. The van der Waals surface area contributed by atoms with Gasteiger partial charge in [-0.2, -0.15) is 0 Å². The fourth-order valence-corrected chi connectivity index (χ4v) is 2.09. The molecule has 0 radical (unpaired) electrons. The number of benzene rings is 1. The molecule has 1 aromatic carbocycles. The summed E-state index contributed by atoms with van der Waals surface area (Å²) in [5.74, 6) is -1.09. The Kier molecular flexibility index (Phi) is 6.75. The van der Waals surface area contributed by atoms with Crippen LogP contribution in [-0.4, -0.2) is 20.3 Å². The molecule has 0 aliphatic carbocycles. The summed E-state index contributed by atoms with van der Waals surface area (Å²) in [7, 11) is 1.68. The molecular weight excluding hydrogens is 304 g/mol. The first-order chi connectivity index (χ1) is 8.61. The molecule has 1 aromatic rings. The molecule has 1 rings (SSSR count). The minimum absolute atomic E-state index is 0.0620. The highest BCUT2D eigenvalue weighted by Crippen LogP contribution is 2.28. The van der Waals surface area contributed by atoms with E-state index in [0.717, 1.165) is 6.42 Å². The van der Waals surface area contributed by atoms with Gasteiger partial charge in [0.2, 0.25) is 0 Å². The van der Waals surface area contributed by atoms with Gasteiger partial charge in [-0.25, -0.2) is 8.78 Å². The van der Waals surface area contributed by atoms with Crippen molar-refractivity contribution in [1.29, 1.82) is 0 Å². The lowest BCUT2D eigenvalue weighted by molar-refractivity contribution is 0.124. The second-order valence-electron chi connectivity index (χ2n) is 4.00. The average molecular weight is 322 g/mol. The van der Waals surface area contributed by atoms with Gasteiger partial charge in [-0.15, -0.1) is 0 Å². The SMILES string of the molecule is CCCOCCC(NC)c1c(F)ccc(Br)c1F. The highest BCUT2D eigenvalue weighted by molar-refractivity contribution is 9.10. The fourth-order valence-electron chi connectivity index (χ4n) is 1.74. The normalized spacial score (nSPS) is 12.7. The smallest absolute Gasteiger partial charge is 0.145 e. The van der Waals surface area contributed by atoms with Crippen molar-refractivity contribution in [3.63, 3.8) is 0 Å². The molecular formula is C13H18BrF2NO. The molecule has 0 bridgehead atoms. The Labute approximate surface area is 115 Å². The number of hydrogen-bond donors (Lipinski definition) is 1. The molecule has 0 heterocycles. The third-order valence-electron chi connectivity index (χ3n) is 2.68. The lowest BCUT2D eigenvalue weighted by Crippen LogP contribution is -2.21. The van der Waals surface area contributed by atoms with Gasteiger partial charge in [0.05, 0.1) is 4.47 Å². The van der Waals surface area contributed by atoms with E-state index in [1.807, 2.05) is 6.92 Å². The Morgan fingerprint density at radius 2 is 2.06 bits per heavy atom. The van der Waals surface area contributed by atoms with E-state index >= 15 is 0 Å². The summed E-state index contributed by atoms with van der Waals surface area (Å²) in [4.78, 5) is 0. The third kappa shape index (κ3) is 4.00. The molecule has 0 saturated heterocycles. The van der Waals surface area contributed by atoms with E-state index < -0.39 is 11.6 Å². The van der Waals surface area contributed by atoms with Crippen molar-refractivity contribution < 1.29 is 13.5 Å². The summed E-state index contributed by atoms with van der Waals surface area (Å²) >= 11 is 3.07. The van der Waals surface area contributed by atoms with Crippen molar-refractivity contribution in [2.75, 3.05) is 20.3 Å². The van der Waals surface area contributed by atoms with E-state index in [-0.39, 0.29) is 16.1 Å². The maximum absolute atomic E-state index is 13.9. The first kappa shape index (κ1) is 15.5. The Hall–Kier alpha value is -0.520. The lowest BCUT2D eigenvalue weighted by Gasteiger charge is -2.18. The highest BCUT2D eigenvalue weighted by atomic mass is 79.9. The van der Waals surface area contributed by atoms with Crippen LogP contribution in [0.2, 0.25) is 0 Å². The van der Waals surface area contributed by atoms with Crippen molar-refractivity contribution in [2.24, 2.45) is 0 Å². The van der Waals surface area contributed by atoms with Gasteiger partial charge in [-0.1, -0.05) is 6.92 Å². The molecule has 1 atom stereocenters. The molecule has 1 unspecified atom stereocenters. The van der Waals surface area contributed by atoms with E-state index in [9.17, 15) is 8.78 Å². The van der Waals surface area contributed by atoms with Gasteiger partial charge in [0.25, 0.3) is 0 Å². The molecule has 0 saturated carbocycles. The van der Waals surface area contributed by atoms with Gasteiger partial charge >= 0.3 is 0 Å². The zero-order valence-electron chi connectivity index (χ0n) is 10.6. The highest BCUT2D eigenvalue weighted by Gasteiger charge is 2.20. The Morgan fingerprint density at radius 3 is 2.67 bits per heavy atom. The standard InChI is InChI=1S/C13H18BrF2NO/c1-3-7-18-8-6-11(17-2)12-10(15)5-4-9(14)13(12)16/h4-5,11,17H,3,6-8H2,1-2H3. The predicted molar refractivity (Wildman–Crippen MR) is 71.6 cm³/mol. The van der Waals surface area contributed by atoms with Crippen LogP contribution in [0.4, 0.5) is 8.78 Å². The molecule has 0 aliphatic heterocycles. The Balaban J connectivity index is 2.78. The van der Waals surface area contributed by atoms with Crippen LogP contribution in [0.1, 0.15) is 31.4 Å².